The Labute approximate surface area is 152 Å². The Hall–Kier alpha value is -3.02. The molecule has 0 fully saturated rings. The van der Waals surface area contributed by atoms with Crippen LogP contribution in [0.2, 0.25) is 0 Å². The summed E-state index contributed by atoms with van der Waals surface area (Å²) in [7, 11) is 0. The number of rotatable bonds is 8. The summed E-state index contributed by atoms with van der Waals surface area (Å²) in [5.74, 6) is -0.141. The first kappa shape index (κ1) is 19.3. The molecule has 2 aromatic carbocycles. The second kappa shape index (κ2) is 8.89. The number of nitrogens with one attached hydrogen (secondary N) is 1. The lowest BCUT2D eigenvalue weighted by atomic mass is 10.1. The molecule has 2 unspecified atom stereocenters. The fourth-order valence-corrected chi connectivity index (χ4v) is 2.29. The first-order chi connectivity index (χ1) is 12.3. The minimum absolute atomic E-state index is 0.218. The van der Waals surface area contributed by atoms with E-state index in [2.05, 4.69) is 5.32 Å². The minimum atomic E-state index is -1.03. The predicted molar refractivity (Wildman–Crippen MR) is 97.4 cm³/mol. The number of benzene rings is 2. The molecule has 0 aliphatic carbocycles. The lowest BCUT2D eigenvalue weighted by molar-refractivity contribution is -0.139. The van der Waals surface area contributed by atoms with Crippen molar-refractivity contribution in [3.8, 4) is 11.5 Å². The standard InChI is InChI=1S/C20H23NO5/c1-13-4-8-18(9-5-13)26-15(3)20(24)21-14(2)16-6-10-17(11-7-16)25-12-19(22)23/h4-11,14-15H,12H2,1-3H3,(H,21,24)(H,22,23). The van der Waals surface area contributed by atoms with Crippen LogP contribution in [0.25, 0.3) is 0 Å². The molecule has 2 N–H and O–H groups in total. The average molecular weight is 357 g/mol. The van der Waals surface area contributed by atoms with Gasteiger partial charge in [-0.15, -0.1) is 0 Å². The smallest absolute Gasteiger partial charge is 0.341 e. The molecule has 138 valence electrons. The summed E-state index contributed by atoms with van der Waals surface area (Å²) >= 11 is 0. The van der Waals surface area contributed by atoms with Gasteiger partial charge in [-0.2, -0.15) is 0 Å². The fraction of sp³-hybridized carbons (Fsp3) is 0.300. The molecule has 0 spiro atoms. The van der Waals surface area contributed by atoms with Crippen molar-refractivity contribution >= 4 is 11.9 Å². The van der Waals surface area contributed by atoms with E-state index < -0.39 is 12.1 Å². The van der Waals surface area contributed by atoms with E-state index >= 15 is 0 Å². The molecule has 0 bridgehead atoms. The van der Waals surface area contributed by atoms with Gasteiger partial charge >= 0.3 is 5.97 Å². The third-order valence-electron chi connectivity index (χ3n) is 3.80. The molecule has 2 rings (SSSR count). The number of amides is 1. The summed E-state index contributed by atoms with van der Waals surface area (Å²) in [6.07, 6.45) is -0.627. The van der Waals surface area contributed by atoms with Gasteiger partial charge in [0.2, 0.25) is 0 Å². The maximum Gasteiger partial charge on any atom is 0.341 e. The number of aryl methyl sites for hydroxylation is 1. The molecule has 0 saturated carbocycles. The summed E-state index contributed by atoms with van der Waals surface area (Å²) in [6.45, 7) is 5.16. The number of hydrogen-bond donors (Lipinski definition) is 2. The number of aliphatic carboxylic acids is 1. The Morgan fingerprint density at radius 2 is 1.58 bits per heavy atom. The highest BCUT2D eigenvalue weighted by Crippen LogP contribution is 2.18. The van der Waals surface area contributed by atoms with Gasteiger partial charge in [0.1, 0.15) is 11.5 Å². The quantitative estimate of drug-likeness (QED) is 0.758. The van der Waals surface area contributed by atoms with Crippen molar-refractivity contribution in [2.24, 2.45) is 0 Å². The zero-order valence-electron chi connectivity index (χ0n) is 15.1. The van der Waals surface area contributed by atoms with Crippen LogP contribution in [0.5, 0.6) is 11.5 Å². The largest absolute Gasteiger partial charge is 0.482 e. The van der Waals surface area contributed by atoms with Crippen molar-refractivity contribution in [3.63, 3.8) is 0 Å². The van der Waals surface area contributed by atoms with Crippen LogP contribution in [0, 0.1) is 6.92 Å². The Kier molecular flexibility index (Phi) is 6.60. The predicted octanol–water partition coefficient (Wildman–Crippen LogP) is 3.10. The fourth-order valence-electron chi connectivity index (χ4n) is 2.29. The zero-order chi connectivity index (χ0) is 19.1. The van der Waals surface area contributed by atoms with E-state index in [1.807, 2.05) is 38.1 Å². The topological polar surface area (TPSA) is 84.9 Å². The van der Waals surface area contributed by atoms with E-state index in [4.69, 9.17) is 14.6 Å². The summed E-state index contributed by atoms with van der Waals surface area (Å²) in [5.41, 5.74) is 2.00. The molecule has 6 heteroatoms. The highest BCUT2D eigenvalue weighted by atomic mass is 16.5. The van der Waals surface area contributed by atoms with Gasteiger partial charge in [-0.3, -0.25) is 4.79 Å². The summed E-state index contributed by atoms with van der Waals surface area (Å²) in [4.78, 5) is 22.8. The number of carboxylic acids is 1. The number of carboxylic acid groups (broad SMARTS) is 1. The van der Waals surface area contributed by atoms with Gasteiger partial charge in [-0.1, -0.05) is 29.8 Å². The summed E-state index contributed by atoms with van der Waals surface area (Å²) < 4.78 is 10.7. The Balaban J connectivity index is 1.89. The maximum atomic E-state index is 12.3. The lowest BCUT2D eigenvalue weighted by Crippen LogP contribution is -2.37. The van der Waals surface area contributed by atoms with E-state index in [9.17, 15) is 9.59 Å². The van der Waals surface area contributed by atoms with Gasteiger partial charge in [0.25, 0.3) is 5.91 Å². The van der Waals surface area contributed by atoms with Crippen LogP contribution >= 0.6 is 0 Å². The van der Waals surface area contributed by atoms with Crippen LogP contribution in [0.1, 0.15) is 31.0 Å². The molecule has 1 amide bonds. The second-order valence-electron chi connectivity index (χ2n) is 6.05. The maximum absolute atomic E-state index is 12.3. The third-order valence-corrected chi connectivity index (χ3v) is 3.80. The number of hydrogen-bond acceptors (Lipinski definition) is 4. The van der Waals surface area contributed by atoms with E-state index in [0.717, 1.165) is 11.1 Å². The molecule has 0 aromatic heterocycles. The van der Waals surface area contributed by atoms with Crippen molar-refractivity contribution in [3.05, 3.63) is 59.7 Å². The van der Waals surface area contributed by atoms with Gasteiger partial charge < -0.3 is 19.9 Å². The molecule has 0 saturated heterocycles. The Morgan fingerprint density at radius 3 is 2.15 bits per heavy atom. The highest BCUT2D eigenvalue weighted by molar-refractivity contribution is 5.81. The molecule has 2 aromatic rings. The van der Waals surface area contributed by atoms with Crippen molar-refractivity contribution in [2.45, 2.75) is 32.9 Å². The van der Waals surface area contributed by atoms with Gasteiger partial charge in [-0.25, -0.2) is 4.79 Å². The van der Waals surface area contributed by atoms with E-state index in [-0.39, 0.29) is 18.6 Å². The molecular formula is C20H23NO5. The number of ether oxygens (including phenoxy) is 2. The number of carbonyl (C=O) groups excluding carboxylic acids is 1. The minimum Gasteiger partial charge on any atom is -0.482 e. The normalized spacial score (nSPS) is 12.7. The molecule has 0 aliphatic rings. The zero-order valence-corrected chi connectivity index (χ0v) is 15.1. The third kappa shape index (κ3) is 5.81. The Bertz CT molecular complexity index is 740. The molecule has 0 radical (unpaired) electrons. The SMILES string of the molecule is Cc1ccc(OC(C)C(=O)NC(C)c2ccc(OCC(=O)O)cc2)cc1. The van der Waals surface area contributed by atoms with Gasteiger partial charge in [0.15, 0.2) is 12.7 Å². The molecule has 6 nitrogen and oxygen atoms in total. The molecule has 0 heterocycles. The van der Waals surface area contributed by atoms with Gasteiger partial charge in [0, 0.05) is 0 Å². The molecule has 26 heavy (non-hydrogen) atoms. The van der Waals surface area contributed by atoms with Crippen LogP contribution in [0.3, 0.4) is 0 Å². The Morgan fingerprint density at radius 1 is 1.00 bits per heavy atom. The van der Waals surface area contributed by atoms with Crippen molar-refractivity contribution < 1.29 is 24.2 Å². The lowest BCUT2D eigenvalue weighted by Gasteiger charge is -2.19. The summed E-state index contributed by atoms with van der Waals surface area (Å²) in [6, 6.07) is 14.2. The van der Waals surface area contributed by atoms with E-state index in [0.29, 0.717) is 11.5 Å². The van der Waals surface area contributed by atoms with E-state index in [1.165, 1.54) is 0 Å². The van der Waals surface area contributed by atoms with Crippen LogP contribution in [0.4, 0.5) is 0 Å². The first-order valence-corrected chi connectivity index (χ1v) is 8.33. The second-order valence-corrected chi connectivity index (χ2v) is 6.05. The van der Waals surface area contributed by atoms with Crippen molar-refractivity contribution in [1.29, 1.82) is 0 Å². The van der Waals surface area contributed by atoms with Crippen molar-refractivity contribution in [1.82, 2.24) is 5.32 Å². The summed E-state index contributed by atoms with van der Waals surface area (Å²) in [5, 5.41) is 11.5. The first-order valence-electron chi connectivity index (χ1n) is 8.33. The molecular weight excluding hydrogens is 334 g/mol. The van der Waals surface area contributed by atoms with Crippen LogP contribution < -0.4 is 14.8 Å². The van der Waals surface area contributed by atoms with Crippen molar-refractivity contribution in [2.75, 3.05) is 6.61 Å². The average Bonchev–Trinajstić information content (AvgIpc) is 2.62. The van der Waals surface area contributed by atoms with Crippen LogP contribution in [0.15, 0.2) is 48.5 Å². The molecule has 2 atom stereocenters. The molecule has 0 aliphatic heterocycles. The van der Waals surface area contributed by atoms with Gasteiger partial charge in [-0.05, 0) is 50.6 Å². The van der Waals surface area contributed by atoms with Crippen LogP contribution in [-0.2, 0) is 9.59 Å². The van der Waals surface area contributed by atoms with Gasteiger partial charge in [0.05, 0.1) is 6.04 Å². The van der Waals surface area contributed by atoms with E-state index in [1.54, 1.807) is 31.2 Å². The number of carbonyl (C=O) groups is 2. The monoisotopic (exact) mass is 357 g/mol. The highest BCUT2D eigenvalue weighted by Gasteiger charge is 2.17. The van der Waals surface area contributed by atoms with Crippen LogP contribution in [-0.4, -0.2) is 29.7 Å².